The van der Waals surface area contributed by atoms with Crippen LogP contribution in [0.15, 0.2) is 211 Å². The highest BCUT2D eigenvalue weighted by Crippen LogP contribution is 2.48. The van der Waals surface area contributed by atoms with Gasteiger partial charge in [-0.05, 0) is 150 Å². The second kappa shape index (κ2) is 12.3. The largest absolute Gasteiger partial charge is 0.456 e. The van der Waals surface area contributed by atoms with Crippen molar-refractivity contribution in [3.8, 4) is 33.4 Å². The van der Waals surface area contributed by atoms with Crippen LogP contribution in [0.25, 0.3) is 141 Å². The van der Waals surface area contributed by atoms with E-state index in [2.05, 4.69) is 206 Å². The van der Waals surface area contributed by atoms with Crippen LogP contribution in [0.1, 0.15) is 0 Å². The fraction of sp³-hybridized carbons (Fsp3) is 0. The number of benzene rings is 13. The van der Waals surface area contributed by atoms with Gasteiger partial charge >= 0.3 is 0 Å². The first kappa shape index (κ1) is 32.9. The zero-order valence-electron chi connectivity index (χ0n) is 33.0. The minimum absolute atomic E-state index is 0.892. The van der Waals surface area contributed by atoms with Gasteiger partial charge in [-0.2, -0.15) is 0 Å². The van der Waals surface area contributed by atoms with Crippen molar-refractivity contribution in [3.05, 3.63) is 206 Å². The van der Waals surface area contributed by atoms with Crippen molar-refractivity contribution in [1.29, 1.82) is 0 Å². The van der Waals surface area contributed by atoms with E-state index in [4.69, 9.17) is 4.42 Å². The molecule has 280 valence electrons. The summed E-state index contributed by atoms with van der Waals surface area (Å²) in [5, 5.41) is 22.4. The molecule has 0 N–H and O–H groups in total. The Bertz CT molecular complexity index is 4150. The number of furan rings is 1. The van der Waals surface area contributed by atoms with Crippen molar-refractivity contribution >= 4 is 108 Å². The number of hydrogen-bond donors (Lipinski definition) is 0. The molecule has 14 aromatic rings. The molecule has 0 aliphatic rings. The van der Waals surface area contributed by atoms with Crippen LogP contribution in [-0.2, 0) is 0 Å². The van der Waals surface area contributed by atoms with Gasteiger partial charge in [0, 0.05) is 10.8 Å². The molecule has 1 aromatic heterocycles. The first-order valence-corrected chi connectivity index (χ1v) is 21.2. The Morgan fingerprint density at radius 2 is 0.787 bits per heavy atom. The minimum atomic E-state index is 0.892. The molecule has 1 nitrogen and oxygen atoms in total. The molecular weight excluding hydrogens is 737 g/mol. The molecule has 1 heteroatoms. The average Bonchev–Trinajstić information content (AvgIpc) is 3.68. The third-order valence-corrected chi connectivity index (χ3v) is 13.5. The lowest BCUT2D eigenvalue weighted by molar-refractivity contribution is 0.669. The van der Waals surface area contributed by atoms with Gasteiger partial charge in [0.05, 0.1) is 0 Å². The van der Waals surface area contributed by atoms with Gasteiger partial charge in [0.25, 0.3) is 0 Å². The molecule has 0 aliphatic carbocycles. The van der Waals surface area contributed by atoms with Crippen LogP contribution in [0.2, 0.25) is 0 Å². The van der Waals surface area contributed by atoms with Gasteiger partial charge in [-0.15, -0.1) is 0 Å². The van der Waals surface area contributed by atoms with Crippen LogP contribution in [0.4, 0.5) is 0 Å². The average molecular weight is 771 g/mol. The molecule has 0 spiro atoms. The van der Waals surface area contributed by atoms with Crippen LogP contribution in [-0.4, -0.2) is 0 Å². The highest BCUT2D eigenvalue weighted by atomic mass is 16.3. The molecule has 13 aromatic carbocycles. The SMILES string of the molecule is c1ccc2cc3c(cc2c1)oc1cc(-c2ccc(-c4c5ccccc5cc5c4ccc4ccccc45)c4ccccc24)cc(-c2ccc4ccc5cccc6ccc2c4c56)c13. The summed E-state index contributed by atoms with van der Waals surface area (Å²) in [7, 11) is 0. The normalized spacial score (nSPS) is 12.3. The van der Waals surface area contributed by atoms with E-state index < -0.39 is 0 Å². The van der Waals surface area contributed by atoms with Gasteiger partial charge in [-0.25, -0.2) is 0 Å². The molecule has 0 atom stereocenters. The van der Waals surface area contributed by atoms with Gasteiger partial charge in [0.1, 0.15) is 11.2 Å². The van der Waals surface area contributed by atoms with Gasteiger partial charge in [0.15, 0.2) is 0 Å². The summed E-state index contributed by atoms with van der Waals surface area (Å²) in [6.07, 6.45) is 0. The Morgan fingerprint density at radius 3 is 1.61 bits per heavy atom. The summed E-state index contributed by atoms with van der Waals surface area (Å²) in [6, 6.07) is 76.5. The van der Waals surface area contributed by atoms with E-state index in [1.54, 1.807) is 0 Å². The second-order valence-electron chi connectivity index (χ2n) is 16.7. The van der Waals surface area contributed by atoms with Crippen LogP contribution >= 0.6 is 0 Å². The van der Waals surface area contributed by atoms with Crippen LogP contribution in [0.5, 0.6) is 0 Å². The van der Waals surface area contributed by atoms with E-state index in [-0.39, 0.29) is 0 Å². The summed E-state index contributed by atoms with van der Waals surface area (Å²) >= 11 is 0. The minimum Gasteiger partial charge on any atom is -0.456 e. The Balaban J connectivity index is 1.07. The summed E-state index contributed by atoms with van der Waals surface area (Å²) in [5.74, 6) is 0. The molecule has 0 radical (unpaired) electrons. The van der Waals surface area contributed by atoms with E-state index in [1.807, 2.05) is 0 Å². The van der Waals surface area contributed by atoms with Gasteiger partial charge in [-0.3, -0.25) is 0 Å². The monoisotopic (exact) mass is 770 g/mol. The summed E-state index contributed by atoms with van der Waals surface area (Å²) in [4.78, 5) is 0. The quantitative estimate of drug-likeness (QED) is 0.129. The molecule has 14 rings (SSSR count). The van der Waals surface area contributed by atoms with Crippen LogP contribution < -0.4 is 0 Å². The Morgan fingerprint density at radius 1 is 0.230 bits per heavy atom. The Kier molecular flexibility index (Phi) is 6.62. The predicted octanol–water partition coefficient (Wildman–Crippen LogP) is 17.3. The fourth-order valence-corrected chi connectivity index (χ4v) is 10.8. The van der Waals surface area contributed by atoms with Crippen molar-refractivity contribution in [2.75, 3.05) is 0 Å². The van der Waals surface area contributed by atoms with Crippen molar-refractivity contribution in [2.45, 2.75) is 0 Å². The van der Waals surface area contributed by atoms with Crippen molar-refractivity contribution in [3.63, 3.8) is 0 Å². The van der Waals surface area contributed by atoms with Crippen molar-refractivity contribution in [1.82, 2.24) is 0 Å². The van der Waals surface area contributed by atoms with Gasteiger partial charge < -0.3 is 4.42 Å². The summed E-state index contributed by atoms with van der Waals surface area (Å²) < 4.78 is 6.95. The highest BCUT2D eigenvalue weighted by Gasteiger charge is 2.22. The van der Waals surface area contributed by atoms with E-state index in [0.717, 1.165) is 27.5 Å². The lowest BCUT2D eigenvalue weighted by Crippen LogP contribution is -1.91. The maximum absolute atomic E-state index is 6.95. The first-order chi connectivity index (χ1) is 30.2. The number of hydrogen-bond acceptors (Lipinski definition) is 1. The predicted molar refractivity (Wildman–Crippen MR) is 261 cm³/mol. The molecule has 0 saturated heterocycles. The Hall–Kier alpha value is -8.00. The molecule has 0 unspecified atom stereocenters. The van der Waals surface area contributed by atoms with E-state index in [1.165, 1.54) is 114 Å². The lowest BCUT2D eigenvalue weighted by atomic mass is 9.85. The topological polar surface area (TPSA) is 13.1 Å². The molecule has 1 heterocycles. The zero-order valence-corrected chi connectivity index (χ0v) is 33.0. The zero-order chi connectivity index (χ0) is 39.8. The summed E-state index contributed by atoms with van der Waals surface area (Å²) in [5.41, 5.74) is 9.01. The van der Waals surface area contributed by atoms with Gasteiger partial charge in [0.2, 0.25) is 0 Å². The van der Waals surface area contributed by atoms with E-state index in [9.17, 15) is 0 Å². The molecule has 0 saturated carbocycles. The fourth-order valence-electron chi connectivity index (χ4n) is 10.8. The first-order valence-electron chi connectivity index (χ1n) is 21.2. The maximum Gasteiger partial charge on any atom is 0.136 e. The van der Waals surface area contributed by atoms with Crippen LogP contribution in [0, 0.1) is 0 Å². The third kappa shape index (κ3) is 4.66. The lowest BCUT2D eigenvalue weighted by Gasteiger charge is -2.18. The standard InChI is InChI=1S/C60H34O/c1-2-12-40-33-55-54(30-39(40)11-1)60-53(48-25-23-38-21-20-36-14-9-15-37-24-27-49(48)58(38)57(36)37)32-42(34-56(60)61-55)44-28-29-50(47-19-8-7-18-46(44)47)59-45-17-6-4-13-41(45)31-52-43-16-5-3-10-35(43)22-26-51(52)59/h1-34H. The van der Waals surface area contributed by atoms with Crippen LogP contribution in [0.3, 0.4) is 0 Å². The van der Waals surface area contributed by atoms with E-state index >= 15 is 0 Å². The molecule has 0 aliphatic heterocycles. The molecule has 0 fully saturated rings. The van der Waals surface area contributed by atoms with Crippen molar-refractivity contribution < 1.29 is 4.42 Å². The number of rotatable bonds is 3. The highest BCUT2D eigenvalue weighted by molar-refractivity contribution is 6.28. The smallest absolute Gasteiger partial charge is 0.136 e. The number of fused-ring (bicyclic) bond motifs is 9. The maximum atomic E-state index is 6.95. The molecule has 0 bridgehead atoms. The third-order valence-electron chi connectivity index (χ3n) is 13.5. The Labute approximate surface area is 350 Å². The molecule has 61 heavy (non-hydrogen) atoms. The van der Waals surface area contributed by atoms with Crippen molar-refractivity contribution in [2.24, 2.45) is 0 Å². The van der Waals surface area contributed by atoms with Gasteiger partial charge in [-0.1, -0.05) is 176 Å². The van der Waals surface area contributed by atoms with E-state index in [0.29, 0.717) is 0 Å². The molecule has 0 amide bonds. The second-order valence-corrected chi connectivity index (χ2v) is 16.7. The summed E-state index contributed by atoms with van der Waals surface area (Å²) in [6.45, 7) is 0. The molecular formula is C60H34O.